The predicted molar refractivity (Wildman–Crippen MR) is 96.1 cm³/mol. The molecule has 2 N–H and O–H groups in total. The minimum absolute atomic E-state index is 0.0267. The number of nitrogens with zero attached hydrogens (tertiary/aromatic N) is 4. The number of aromatic amines is 1. The number of hydrogen-bond donors (Lipinski definition) is 2. The van der Waals surface area contributed by atoms with Crippen LogP contribution in [-0.4, -0.2) is 43.6 Å². The lowest BCUT2D eigenvalue weighted by molar-refractivity contribution is -0.118. The van der Waals surface area contributed by atoms with Gasteiger partial charge in [0.15, 0.2) is 0 Å². The number of nitrogens with one attached hydrogen (secondary N) is 2. The molecule has 4 rings (SSSR count). The van der Waals surface area contributed by atoms with Crippen molar-refractivity contribution in [3.05, 3.63) is 42.2 Å². The quantitative estimate of drug-likeness (QED) is 0.753. The summed E-state index contributed by atoms with van der Waals surface area (Å²) in [6, 6.07) is 4.56. The summed E-state index contributed by atoms with van der Waals surface area (Å²) >= 11 is 0. The third-order valence-corrected chi connectivity index (χ3v) is 4.73. The number of carbonyl (C=O) groups excluding carboxylic acids is 1. The molecular weight excluding hydrogens is 335 g/mol. The third-order valence-electron chi connectivity index (χ3n) is 4.73. The maximum absolute atomic E-state index is 13.4. The lowest BCUT2D eigenvalue weighted by atomic mass is 10.0. The molecule has 1 amide bonds. The Morgan fingerprint density at radius 1 is 1.42 bits per heavy atom. The lowest BCUT2D eigenvalue weighted by Gasteiger charge is -2.33. The van der Waals surface area contributed by atoms with Crippen LogP contribution in [0.25, 0.3) is 11.0 Å². The van der Waals surface area contributed by atoms with Crippen molar-refractivity contribution in [1.82, 2.24) is 24.6 Å². The van der Waals surface area contributed by atoms with Gasteiger partial charge >= 0.3 is 0 Å². The van der Waals surface area contributed by atoms with Crippen molar-refractivity contribution in [3.63, 3.8) is 0 Å². The highest BCUT2D eigenvalue weighted by Crippen LogP contribution is 2.30. The summed E-state index contributed by atoms with van der Waals surface area (Å²) < 4.78 is 15.1. The van der Waals surface area contributed by atoms with Gasteiger partial charge in [-0.1, -0.05) is 6.42 Å². The number of piperidine rings is 1. The third kappa shape index (κ3) is 3.45. The zero-order valence-electron chi connectivity index (χ0n) is 14.6. The van der Waals surface area contributed by atoms with Gasteiger partial charge in [-0.05, 0) is 37.6 Å². The van der Waals surface area contributed by atoms with E-state index in [1.165, 1.54) is 12.1 Å². The maximum atomic E-state index is 13.4. The number of halogens is 1. The van der Waals surface area contributed by atoms with Crippen LogP contribution >= 0.6 is 0 Å². The molecule has 2 aromatic heterocycles. The largest absolute Gasteiger partial charge is 0.341 e. The van der Waals surface area contributed by atoms with E-state index < -0.39 is 0 Å². The molecule has 1 atom stereocenters. The summed E-state index contributed by atoms with van der Waals surface area (Å²) in [5, 5.41) is 6.93. The van der Waals surface area contributed by atoms with E-state index in [2.05, 4.69) is 25.3 Å². The van der Waals surface area contributed by atoms with E-state index in [-0.39, 0.29) is 24.3 Å². The summed E-state index contributed by atoms with van der Waals surface area (Å²) in [6.45, 7) is 1.11. The Kier molecular flexibility index (Phi) is 4.42. The number of carbonyl (C=O) groups is 1. The van der Waals surface area contributed by atoms with E-state index in [4.69, 9.17) is 0 Å². The summed E-state index contributed by atoms with van der Waals surface area (Å²) in [5.41, 5.74) is 2.11. The number of aromatic nitrogens is 4. The molecular formula is C18H21FN6O. The molecule has 1 aliphatic rings. The highest BCUT2D eigenvalue weighted by atomic mass is 19.1. The van der Waals surface area contributed by atoms with E-state index in [0.29, 0.717) is 11.2 Å². The number of amides is 1. The summed E-state index contributed by atoms with van der Waals surface area (Å²) in [6.07, 6.45) is 6.43. The number of aryl methyl sites for hydroxylation is 1. The molecule has 1 unspecified atom stereocenters. The van der Waals surface area contributed by atoms with Gasteiger partial charge in [0.1, 0.15) is 11.6 Å². The lowest BCUT2D eigenvalue weighted by Crippen LogP contribution is -2.39. The first-order valence-electron chi connectivity index (χ1n) is 8.76. The molecule has 1 aliphatic heterocycles. The number of likely N-dealkylation sites (tertiary alicyclic amines) is 1. The fourth-order valence-corrected chi connectivity index (χ4v) is 3.52. The molecule has 3 aromatic rings. The maximum Gasteiger partial charge on any atom is 0.238 e. The molecule has 0 saturated carbocycles. The Hall–Kier alpha value is -2.74. The average Bonchev–Trinajstić information content (AvgIpc) is 3.20. The Morgan fingerprint density at radius 2 is 2.31 bits per heavy atom. The molecule has 0 bridgehead atoms. The average molecular weight is 356 g/mol. The Labute approximate surface area is 150 Å². The zero-order chi connectivity index (χ0) is 18.1. The van der Waals surface area contributed by atoms with E-state index in [9.17, 15) is 9.18 Å². The smallest absolute Gasteiger partial charge is 0.238 e. The second-order valence-electron chi connectivity index (χ2n) is 6.72. The van der Waals surface area contributed by atoms with Crippen LogP contribution in [-0.2, 0) is 11.8 Å². The van der Waals surface area contributed by atoms with Gasteiger partial charge in [-0.25, -0.2) is 9.37 Å². The van der Waals surface area contributed by atoms with Gasteiger partial charge in [0.2, 0.25) is 5.91 Å². The van der Waals surface area contributed by atoms with Gasteiger partial charge in [0.25, 0.3) is 0 Å². The topological polar surface area (TPSA) is 78.8 Å². The van der Waals surface area contributed by atoms with Crippen LogP contribution in [0.1, 0.15) is 31.1 Å². The van der Waals surface area contributed by atoms with E-state index in [1.54, 1.807) is 30.2 Å². The van der Waals surface area contributed by atoms with E-state index >= 15 is 0 Å². The number of anilines is 1. The molecule has 1 saturated heterocycles. The summed E-state index contributed by atoms with van der Waals surface area (Å²) in [5.74, 6) is 0.426. The minimum Gasteiger partial charge on any atom is -0.341 e. The Balaban J connectivity index is 1.50. The van der Waals surface area contributed by atoms with Crippen molar-refractivity contribution < 1.29 is 9.18 Å². The molecule has 8 heteroatoms. The van der Waals surface area contributed by atoms with Gasteiger partial charge in [0, 0.05) is 13.2 Å². The molecule has 1 aromatic carbocycles. The number of fused-ring (bicyclic) bond motifs is 1. The molecule has 0 spiro atoms. The SMILES string of the molecule is Cn1cc(NC(=O)CN2CCCCC2c2nc3ccc(F)cc3[nH]2)cn1. The monoisotopic (exact) mass is 356 g/mol. The molecule has 26 heavy (non-hydrogen) atoms. The van der Waals surface area contributed by atoms with E-state index in [1.807, 2.05) is 0 Å². The highest BCUT2D eigenvalue weighted by Gasteiger charge is 2.28. The van der Waals surface area contributed by atoms with Crippen molar-refractivity contribution in [2.75, 3.05) is 18.4 Å². The number of H-pyrrole nitrogens is 1. The fraction of sp³-hybridized carbons (Fsp3) is 0.389. The van der Waals surface area contributed by atoms with Gasteiger partial charge < -0.3 is 10.3 Å². The fourth-order valence-electron chi connectivity index (χ4n) is 3.52. The Morgan fingerprint density at radius 3 is 3.12 bits per heavy atom. The van der Waals surface area contributed by atoms with Crippen LogP contribution in [0, 0.1) is 5.82 Å². The number of benzene rings is 1. The van der Waals surface area contributed by atoms with Crippen LogP contribution in [0.4, 0.5) is 10.1 Å². The molecule has 7 nitrogen and oxygen atoms in total. The van der Waals surface area contributed by atoms with Crippen LogP contribution in [0.3, 0.4) is 0 Å². The number of imidazole rings is 1. The standard InChI is InChI=1S/C18H21FN6O/c1-24-10-13(9-20-24)21-17(26)11-25-7-3-2-4-16(25)18-22-14-6-5-12(19)8-15(14)23-18/h5-6,8-10,16H,2-4,7,11H2,1H3,(H,21,26)(H,22,23). The van der Waals surface area contributed by atoms with Crippen molar-refractivity contribution in [2.24, 2.45) is 7.05 Å². The van der Waals surface area contributed by atoms with E-state index in [0.717, 1.165) is 37.1 Å². The van der Waals surface area contributed by atoms with Gasteiger partial charge in [-0.15, -0.1) is 0 Å². The molecule has 0 radical (unpaired) electrons. The number of rotatable bonds is 4. The minimum atomic E-state index is -0.288. The predicted octanol–water partition coefficient (Wildman–Crippen LogP) is 2.60. The molecule has 1 fully saturated rings. The second-order valence-corrected chi connectivity index (χ2v) is 6.72. The van der Waals surface area contributed by atoms with Gasteiger partial charge in [-0.2, -0.15) is 5.10 Å². The van der Waals surface area contributed by atoms with Crippen LogP contribution in [0.5, 0.6) is 0 Å². The summed E-state index contributed by atoms with van der Waals surface area (Å²) in [7, 11) is 1.81. The first-order chi connectivity index (χ1) is 12.6. The van der Waals surface area contributed by atoms with Crippen LogP contribution in [0.2, 0.25) is 0 Å². The van der Waals surface area contributed by atoms with Gasteiger partial charge in [0.05, 0.1) is 35.5 Å². The van der Waals surface area contributed by atoms with Crippen LogP contribution < -0.4 is 5.32 Å². The van der Waals surface area contributed by atoms with Gasteiger partial charge in [-0.3, -0.25) is 14.4 Å². The molecule has 0 aliphatic carbocycles. The molecule has 136 valence electrons. The highest BCUT2D eigenvalue weighted by molar-refractivity contribution is 5.92. The van der Waals surface area contributed by atoms with Crippen molar-refractivity contribution >= 4 is 22.6 Å². The summed E-state index contributed by atoms with van der Waals surface area (Å²) in [4.78, 5) is 22.4. The zero-order valence-corrected chi connectivity index (χ0v) is 14.6. The Bertz CT molecular complexity index is 933. The number of hydrogen-bond acceptors (Lipinski definition) is 4. The second kappa shape index (κ2) is 6.87. The first kappa shape index (κ1) is 16.7. The van der Waals surface area contributed by atoms with Crippen molar-refractivity contribution in [1.29, 1.82) is 0 Å². The van der Waals surface area contributed by atoms with Crippen molar-refractivity contribution in [3.8, 4) is 0 Å². The molecule has 3 heterocycles. The first-order valence-corrected chi connectivity index (χ1v) is 8.76. The van der Waals surface area contributed by atoms with Crippen molar-refractivity contribution in [2.45, 2.75) is 25.3 Å². The normalized spacial score (nSPS) is 18.3. The van der Waals surface area contributed by atoms with Crippen LogP contribution in [0.15, 0.2) is 30.6 Å².